The van der Waals surface area contributed by atoms with Gasteiger partial charge in [0.25, 0.3) is 0 Å². The van der Waals surface area contributed by atoms with Crippen LogP contribution in [0.25, 0.3) is 0 Å². The van der Waals surface area contributed by atoms with Crippen molar-refractivity contribution in [3.8, 4) is 0 Å². The number of nitrogens with one attached hydrogen (secondary N) is 1. The molecule has 0 aliphatic carbocycles. The highest BCUT2D eigenvalue weighted by molar-refractivity contribution is 6.28. The molecular formula is C12H14ClN5. The highest BCUT2D eigenvalue weighted by atomic mass is 35.5. The van der Waals surface area contributed by atoms with E-state index in [1.165, 1.54) is 5.56 Å². The summed E-state index contributed by atoms with van der Waals surface area (Å²) in [6.45, 7) is 4.24. The Morgan fingerprint density at radius 3 is 2.56 bits per heavy atom. The zero-order chi connectivity index (χ0) is 13.1. The molecule has 0 spiro atoms. The Balaban J connectivity index is 2.34. The number of nitrogen functional groups attached to an aromatic ring is 1. The van der Waals surface area contributed by atoms with Crippen LogP contribution in [0.15, 0.2) is 24.3 Å². The second-order valence-electron chi connectivity index (χ2n) is 4.15. The average molecular weight is 264 g/mol. The minimum atomic E-state index is 0.0760. The highest BCUT2D eigenvalue weighted by Crippen LogP contribution is 2.25. The molecule has 0 unspecified atom stereocenters. The first kappa shape index (κ1) is 12.6. The standard InChI is InChI=1S/C12H14ClN5/c1-7(2)8-5-3-4-6-9(8)15-12-17-10(13)16-11(14)18-12/h3-7H,1-2H3,(H3,14,15,16,17,18). The fourth-order valence-corrected chi connectivity index (χ4v) is 1.82. The van der Waals surface area contributed by atoms with E-state index in [-0.39, 0.29) is 11.2 Å². The van der Waals surface area contributed by atoms with Gasteiger partial charge in [-0.2, -0.15) is 15.0 Å². The lowest BCUT2D eigenvalue weighted by Crippen LogP contribution is -2.05. The molecule has 1 heterocycles. The van der Waals surface area contributed by atoms with Gasteiger partial charge in [0.15, 0.2) is 0 Å². The summed E-state index contributed by atoms with van der Waals surface area (Å²) in [5.41, 5.74) is 7.64. The molecule has 0 saturated heterocycles. The van der Waals surface area contributed by atoms with E-state index >= 15 is 0 Å². The van der Waals surface area contributed by atoms with Crippen LogP contribution in [0.1, 0.15) is 25.3 Å². The Kier molecular flexibility index (Phi) is 3.62. The average Bonchev–Trinajstić information content (AvgIpc) is 2.27. The van der Waals surface area contributed by atoms with Crippen molar-refractivity contribution >= 4 is 29.2 Å². The van der Waals surface area contributed by atoms with E-state index < -0.39 is 0 Å². The van der Waals surface area contributed by atoms with Crippen molar-refractivity contribution in [1.82, 2.24) is 15.0 Å². The van der Waals surface area contributed by atoms with Crippen LogP contribution in [0.3, 0.4) is 0 Å². The molecule has 18 heavy (non-hydrogen) atoms. The van der Waals surface area contributed by atoms with Crippen molar-refractivity contribution in [1.29, 1.82) is 0 Å². The molecule has 0 atom stereocenters. The van der Waals surface area contributed by atoms with Gasteiger partial charge in [-0.05, 0) is 29.1 Å². The third-order valence-corrected chi connectivity index (χ3v) is 2.62. The van der Waals surface area contributed by atoms with Gasteiger partial charge in [0.1, 0.15) is 0 Å². The van der Waals surface area contributed by atoms with Crippen molar-refractivity contribution in [3.63, 3.8) is 0 Å². The summed E-state index contributed by atoms with van der Waals surface area (Å²) >= 11 is 5.74. The van der Waals surface area contributed by atoms with Gasteiger partial charge in [-0.15, -0.1) is 0 Å². The smallest absolute Gasteiger partial charge is 0.233 e. The van der Waals surface area contributed by atoms with Gasteiger partial charge in [-0.3, -0.25) is 0 Å². The third-order valence-electron chi connectivity index (χ3n) is 2.45. The van der Waals surface area contributed by atoms with Gasteiger partial charge in [0.05, 0.1) is 0 Å². The maximum Gasteiger partial charge on any atom is 0.233 e. The molecular weight excluding hydrogens is 250 g/mol. The van der Waals surface area contributed by atoms with Crippen LogP contribution >= 0.6 is 11.6 Å². The number of halogens is 1. The Bertz CT molecular complexity index is 536. The minimum Gasteiger partial charge on any atom is -0.368 e. The molecule has 5 nitrogen and oxygen atoms in total. The molecule has 0 aliphatic rings. The lowest BCUT2D eigenvalue weighted by molar-refractivity contribution is 0.868. The molecule has 0 saturated carbocycles. The van der Waals surface area contributed by atoms with E-state index in [1.54, 1.807) is 0 Å². The van der Waals surface area contributed by atoms with Crippen LogP contribution in [0, 0.1) is 0 Å². The second kappa shape index (κ2) is 5.18. The number of aromatic nitrogens is 3. The van der Waals surface area contributed by atoms with E-state index in [0.717, 1.165) is 5.69 Å². The summed E-state index contributed by atoms with van der Waals surface area (Å²) in [5, 5.41) is 3.18. The zero-order valence-electron chi connectivity index (χ0n) is 10.2. The van der Waals surface area contributed by atoms with Crippen molar-refractivity contribution in [2.45, 2.75) is 19.8 Å². The van der Waals surface area contributed by atoms with Gasteiger partial charge in [-0.1, -0.05) is 32.0 Å². The number of benzene rings is 1. The van der Waals surface area contributed by atoms with Crippen LogP contribution in [-0.2, 0) is 0 Å². The summed E-state index contributed by atoms with van der Waals surface area (Å²) in [5.74, 6) is 0.837. The van der Waals surface area contributed by atoms with Crippen LogP contribution in [0.5, 0.6) is 0 Å². The van der Waals surface area contributed by atoms with Crippen LogP contribution in [-0.4, -0.2) is 15.0 Å². The van der Waals surface area contributed by atoms with Crippen molar-refractivity contribution < 1.29 is 0 Å². The summed E-state index contributed by atoms with van der Waals surface area (Å²) in [7, 11) is 0. The van der Waals surface area contributed by atoms with E-state index in [1.807, 2.05) is 18.2 Å². The Hall–Kier alpha value is -1.88. The number of hydrogen-bond acceptors (Lipinski definition) is 5. The van der Waals surface area contributed by atoms with Crippen molar-refractivity contribution in [2.75, 3.05) is 11.1 Å². The maximum absolute atomic E-state index is 5.74. The number of nitrogens with two attached hydrogens (primary N) is 1. The number of rotatable bonds is 3. The van der Waals surface area contributed by atoms with Crippen LogP contribution in [0.2, 0.25) is 5.28 Å². The molecule has 0 amide bonds. The number of anilines is 3. The normalized spacial score (nSPS) is 10.7. The monoisotopic (exact) mass is 263 g/mol. The predicted molar refractivity (Wildman–Crippen MR) is 73.1 cm³/mol. The Labute approximate surface area is 110 Å². The summed E-state index contributed by atoms with van der Waals surface area (Å²) < 4.78 is 0. The van der Waals surface area contributed by atoms with Gasteiger partial charge in [0.2, 0.25) is 17.2 Å². The molecule has 0 bridgehead atoms. The van der Waals surface area contributed by atoms with Crippen LogP contribution < -0.4 is 11.1 Å². The first-order valence-corrected chi connectivity index (χ1v) is 5.97. The zero-order valence-corrected chi connectivity index (χ0v) is 10.9. The Morgan fingerprint density at radius 2 is 1.89 bits per heavy atom. The largest absolute Gasteiger partial charge is 0.368 e. The highest BCUT2D eigenvalue weighted by Gasteiger charge is 2.08. The minimum absolute atomic E-state index is 0.0760. The summed E-state index contributed by atoms with van der Waals surface area (Å²) in [4.78, 5) is 11.7. The predicted octanol–water partition coefficient (Wildman–Crippen LogP) is 2.97. The molecule has 94 valence electrons. The molecule has 2 rings (SSSR count). The number of hydrogen-bond donors (Lipinski definition) is 2. The van der Waals surface area contributed by atoms with E-state index in [2.05, 4.69) is 40.2 Å². The summed E-state index contributed by atoms with van der Waals surface area (Å²) in [6, 6.07) is 7.96. The fraction of sp³-hybridized carbons (Fsp3) is 0.250. The third kappa shape index (κ3) is 2.87. The number of para-hydroxylation sites is 1. The second-order valence-corrected chi connectivity index (χ2v) is 4.49. The van der Waals surface area contributed by atoms with Crippen LogP contribution in [0.4, 0.5) is 17.6 Å². The topological polar surface area (TPSA) is 76.7 Å². The summed E-state index contributed by atoms with van der Waals surface area (Å²) in [6.07, 6.45) is 0. The molecule has 6 heteroatoms. The van der Waals surface area contributed by atoms with Gasteiger partial charge in [-0.25, -0.2) is 0 Å². The maximum atomic E-state index is 5.74. The molecule has 3 N–H and O–H groups in total. The van der Waals surface area contributed by atoms with Gasteiger partial charge < -0.3 is 11.1 Å². The molecule has 1 aromatic heterocycles. The lowest BCUT2D eigenvalue weighted by atomic mass is 10.0. The number of nitrogens with zero attached hydrogens (tertiary/aromatic N) is 3. The lowest BCUT2D eigenvalue weighted by Gasteiger charge is -2.13. The van der Waals surface area contributed by atoms with Gasteiger partial charge >= 0.3 is 0 Å². The van der Waals surface area contributed by atoms with E-state index in [4.69, 9.17) is 17.3 Å². The van der Waals surface area contributed by atoms with E-state index in [9.17, 15) is 0 Å². The van der Waals surface area contributed by atoms with Crippen molar-refractivity contribution in [2.24, 2.45) is 0 Å². The molecule has 0 fully saturated rings. The first-order valence-electron chi connectivity index (χ1n) is 5.59. The van der Waals surface area contributed by atoms with Crippen molar-refractivity contribution in [3.05, 3.63) is 35.1 Å². The van der Waals surface area contributed by atoms with Gasteiger partial charge in [0, 0.05) is 5.69 Å². The first-order chi connectivity index (χ1) is 8.56. The fourth-order valence-electron chi connectivity index (χ4n) is 1.66. The quantitative estimate of drug-likeness (QED) is 0.890. The van der Waals surface area contributed by atoms with E-state index in [0.29, 0.717) is 11.9 Å². The molecule has 0 aliphatic heterocycles. The molecule has 2 aromatic rings. The molecule has 1 aromatic carbocycles. The molecule has 0 radical (unpaired) electrons. The Morgan fingerprint density at radius 1 is 1.17 bits per heavy atom. The SMILES string of the molecule is CC(C)c1ccccc1Nc1nc(N)nc(Cl)n1.